The summed E-state index contributed by atoms with van der Waals surface area (Å²) in [5, 5.41) is 7.06. The largest absolute Gasteiger partial charge is 0.368 e. The zero-order valence-electron chi connectivity index (χ0n) is 5.37. The summed E-state index contributed by atoms with van der Waals surface area (Å²) in [6.45, 7) is 1.74. The number of carbonyl (C=O) groups is 1. The fourth-order valence-electron chi connectivity index (χ4n) is 1.13. The van der Waals surface area contributed by atoms with Crippen molar-refractivity contribution in [3.63, 3.8) is 0 Å². The van der Waals surface area contributed by atoms with Crippen molar-refractivity contribution < 1.29 is 4.79 Å². The second-order valence-electron chi connectivity index (χ2n) is 2.22. The van der Waals surface area contributed by atoms with E-state index in [0.717, 1.165) is 25.2 Å². The first-order valence-corrected chi connectivity index (χ1v) is 3.16. The molecule has 0 aliphatic carbocycles. The third kappa shape index (κ3) is 0.556. The molecule has 4 heteroatoms. The van der Waals surface area contributed by atoms with Gasteiger partial charge in [0.25, 0.3) is 0 Å². The third-order valence-corrected chi connectivity index (χ3v) is 1.61. The topological polar surface area (TPSA) is 46.9 Å². The quantitative estimate of drug-likeness (QED) is 0.559. The molecule has 10 heavy (non-hydrogen) atoms. The Morgan fingerprint density at radius 1 is 1.80 bits per heavy atom. The molecule has 1 aliphatic heterocycles. The van der Waals surface area contributed by atoms with E-state index < -0.39 is 0 Å². The first-order valence-electron chi connectivity index (χ1n) is 3.16. The molecule has 1 aliphatic rings. The molecule has 2 heterocycles. The summed E-state index contributed by atoms with van der Waals surface area (Å²) in [7, 11) is 0. The van der Waals surface area contributed by atoms with Gasteiger partial charge < -0.3 is 5.32 Å². The van der Waals surface area contributed by atoms with Crippen molar-refractivity contribution >= 4 is 12.1 Å². The van der Waals surface area contributed by atoms with Gasteiger partial charge in [0.1, 0.15) is 5.82 Å². The maximum Gasteiger partial charge on any atom is 0.155 e. The molecular weight excluding hydrogens is 130 g/mol. The number of fused-ring (bicyclic) bond motifs is 1. The van der Waals surface area contributed by atoms with E-state index >= 15 is 0 Å². The highest BCUT2D eigenvalue weighted by atomic mass is 16.1. The molecule has 52 valence electrons. The van der Waals surface area contributed by atoms with Gasteiger partial charge in [-0.2, -0.15) is 5.10 Å². The summed E-state index contributed by atoms with van der Waals surface area (Å²) in [6, 6.07) is 0. The summed E-state index contributed by atoms with van der Waals surface area (Å²) in [5.41, 5.74) is 0.650. The molecule has 1 N–H and O–H groups in total. The van der Waals surface area contributed by atoms with Crippen molar-refractivity contribution in [2.24, 2.45) is 0 Å². The highest BCUT2D eigenvalue weighted by Gasteiger charge is 2.13. The van der Waals surface area contributed by atoms with Gasteiger partial charge in [-0.05, 0) is 0 Å². The fraction of sp³-hybridized carbons (Fsp3) is 0.333. The number of aromatic nitrogens is 2. The average Bonchev–Trinajstić information content (AvgIpc) is 2.44. The van der Waals surface area contributed by atoms with Gasteiger partial charge in [0.15, 0.2) is 6.29 Å². The number of hydrogen-bond acceptors (Lipinski definition) is 3. The molecule has 2 rings (SSSR count). The van der Waals surface area contributed by atoms with Gasteiger partial charge in [-0.15, -0.1) is 0 Å². The van der Waals surface area contributed by atoms with Crippen molar-refractivity contribution in [1.82, 2.24) is 9.78 Å². The first kappa shape index (κ1) is 5.46. The monoisotopic (exact) mass is 137 g/mol. The molecule has 0 amide bonds. The summed E-state index contributed by atoms with van der Waals surface area (Å²) < 4.78 is 1.80. The predicted octanol–water partition coefficient (Wildman–Crippen LogP) is 0.121. The molecule has 0 saturated carbocycles. The van der Waals surface area contributed by atoms with Gasteiger partial charge in [0.2, 0.25) is 0 Å². The highest BCUT2D eigenvalue weighted by Crippen LogP contribution is 2.16. The Labute approximate surface area is 57.8 Å². The van der Waals surface area contributed by atoms with E-state index in [1.165, 1.54) is 0 Å². The van der Waals surface area contributed by atoms with Crippen molar-refractivity contribution in [1.29, 1.82) is 0 Å². The van der Waals surface area contributed by atoms with Crippen molar-refractivity contribution in [3.05, 3.63) is 11.8 Å². The second-order valence-corrected chi connectivity index (χ2v) is 2.22. The molecule has 0 atom stereocenters. The standard InChI is InChI=1S/C6H7N3O/c10-4-5-3-8-9-2-1-7-6(5)9/h3-4,7H,1-2H2. The van der Waals surface area contributed by atoms with Crippen molar-refractivity contribution in [2.75, 3.05) is 11.9 Å². The van der Waals surface area contributed by atoms with Crippen LogP contribution in [0.2, 0.25) is 0 Å². The molecule has 0 spiro atoms. The van der Waals surface area contributed by atoms with Crippen LogP contribution in [0.3, 0.4) is 0 Å². The number of rotatable bonds is 1. The highest BCUT2D eigenvalue weighted by molar-refractivity contribution is 5.82. The van der Waals surface area contributed by atoms with Crippen LogP contribution in [-0.2, 0) is 6.54 Å². The number of hydrogen-bond donors (Lipinski definition) is 1. The zero-order valence-corrected chi connectivity index (χ0v) is 5.37. The second kappa shape index (κ2) is 1.83. The van der Waals surface area contributed by atoms with Crippen LogP contribution in [0.5, 0.6) is 0 Å². The Hall–Kier alpha value is -1.32. The number of nitrogens with one attached hydrogen (secondary N) is 1. The summed E-state index contributed by atoms with van der Waals surface area (Å²) in [6.07, 6.45) is 2.39. The van der Waals surface area contributed by atoms with E-state index in [2.05, 4.69) is 10.4 Å². The number of anilines is 1. The van der Waals surface area contributed by atoms with E-state index in [4.69, 9.17) is 0 Å². The van der Waals surface area contributed by atoms with Crippen LogP contribution in [0.25, 0.3) is 0 Å². The Morgan fingerprint density at radius 2 is 2.70 bits per heavy atom. The van der Waals surface area contributed by atoms with Crippen LogP contribution >= 0.6 is 0 Å². The Kier molecular flexibility index (Phi) is 1.00. The molecular formula is C6H7N3O. The number of carbonyl (C=O) groups excluding carboxylic acids is 1. The lowest BCUT2D eigenvalue weighted by molar-refractivity contribution is 0.112. The minimum absolute atomic E-state index is 0.650. The Balaban J connectivity index is 2.53. The van der Waals surface area contributed by atoms with E-state index in [1.54, 1.807) is 10.9 Å². The summed E-state index contributed by atoms with van der Waals surface area (Å²) >= 11 is 0. The lowest BCUT2D eigenvalue weighted by Crippen LogP contribution is -1.95. The minimum Gasteiger partial charge on any atom is -0.368 e. The van der Waals surface area contributed by atoms with E-state index in [9.17, 15) is 4.79 Å². The molecule has 0 aromatic carbocycles. The van der Waals surface area contributed by atoms with Gasteiger partial charge >= 0.3 is 0 Å². The maximum atomic E-state index is 10.3. The van der Waals surface area contributed by atoms with Crippen LogP contribution < -0.4 is 5.32 Å². The van der Waals surface area contributed by atoms with E-state index in [0.29, 0.717) is 5.56 Å². The van der Waals surface area contributed by atoms with Gasteiger partial charge in [0.05, 0.1) is 18.3 Å². The molecule has 0 radical (unpaired) electrons. The predicted molar refractivity (Wildman–Crippen MR) is 36.1 cm³/mol. The average molecular weight is 137 g/mol. The molecule has 0 fully saturated rings. The van der Waals surface area contributed by atoms with Crippen LogP contribution in [-0.4, -0.2) is 22.6 Å². The van der Waals surface area contributed by atoms with Crippen molar-refractivity contribution in [2.45, 2.75) is 6.54 Å². The van der Waals surface area contributed by atoms with Crippen LogP contribution in [0.15, 0.2) is 6.20 Å². The molecule has 4 nitrogen and oxygen atoms in total. The Bertz CT molecular complexity index is 266. The molecule has 1 aromatic heterocycles. The van der Waals surface area contributed by atoms with E-state index in [-0.39, 0.29) is 0 Å². The SMILES string of the molecule is O=Cc1cnn2c1NCC2. The van der Waals surface area contributed by atoms with Crippen molar-refractivity contribution in [3.8, 4) is 0 Å². The molecule has 1 aromatic rings. The lowest BCUT2D eigenvalue weighted by Gasteiger charge is -1.90. The van der Waals surface area contributed by atoms with Gasteiger partial charge in [-0.3, -0.25) is 4.79 Å². The van der Waals surface area contributed by atoms with Gasteiger partial charge in [0, 0.05) is 6.54 Å². The summed E-state index contributed by atoms with van der Waals surface area (Å²) in [4.78, 5) is 10.3. The molecule has 0 saturated heterocycles. The lowest BCUT2D eigenvalue weighted by atomic mass is 10.4. The molecule has 0 bridgehead atoms. The molecule has 0 unspecified atom stereocenters. The van der Waals surface area contributed by atoms with Crippen LogP contribution in [0, 0.1) is 0 Å². The van der Waals surface area contributed by atoms with Gasteiger partial charge in [-0.1, -0.05) is 0 Å². The first-order chi connectivity index (χ1) is 4.92. The van der Waals surface area contributed by atoms with Gasteiger partial charge in [-0.25, -0.2) is 4.68 Å². The van der Waals surface area contributed by atoms with E-state index in [1.807, 2.05) is 0 Å². The fourth-order valence-corrected chi connectivity index (χ4v) is 1.13. The van der Waals surface area contributed by atoms with Crippen LogP contribution in [0.4, 0.5) is 5.82 Å². The maximum absolute atomic E-state index is 10.3. The number of nitrogens with zero attached hydrogens (tertiary/aromatic N) is 2. The normalized spacial score (nSPS) is 14.4. The zero-order chi connectivity index (χ0) is 6.97. The summed E-state index contributed by atoms with van der Waals surface area (Å²) in [5.74, 6) is 0.856. The van der Waals surface area contributed by atoms with Crippen LogP contribution in [0.1, 0.15) is 10.4 Å². The number of aldehydes is 1. The third-order valence-electron chi connectivity index (χ3n) is 1.61. The Morgan fingerprint density at radius 3 is 3.50 bits per heavy atom. The minimum atomic E-state index is 0.650. The smallest absolute Gasteiger partial charge is 0.155 e.